The van der Waals surface area contributed by atoms with Gasteiger partial charge in [0.25, 0.3) is 0 Å². The van der Waals surface area contributed by atoms with E-state index in [1.807, 2.05) is 12.1 Å². The quantitative estimate of drug-likeness (QED) is 0.778. The summed E-state index contributed by atoms with van der Waals surface area (Å²) in [6.45, 7) is 4.44. The van der Waals surface area contributed by atoms with Gasteiger partial charge in [-0.05, 0) is 18.2 Å². The molecule has 27 heavy (non-hydrogen) atoms. The van der Waals surface area contributed by atoms with Crippen LogP contribution in [0.2, 0.25) is 0 Å². The first-order valence-electron chi connectivity index (χ1n) is 9.59. The predicted molar refractivity (Wildman–Crippen MR) is 105 cm³/mol. The van der Waals surface area contributed by atoms with Gasteiger partial charge >= 0.3 is 5.97 Å². The first kappa shape index (κ1) is 17.9. The van der Waals surface area contributed by atoms with Crippen molar-refractivity contribution in [3.05, 3.63) is 60.2 Å². The average Bonchev–Trinajstić information content (AvgIpc) is 2.74. The topological polar surface area (TPSA) is 42.0 Å². The maximum absolute atomic E-state index is 12.0. The molecule has 2 aromatic rings. The van der Waals surface area contributed by atoms with Crippen LogP contribution in [-0.2, 0) is 9.53 Å². The van der Waals surface area contributed by atoms with Crippen LogP contribution in [0.4, 0.5) is 5.69 Å². The third kappa shape index (κ3) is 3.78. The molecule has 2 aromatic carbocycles. The largest absolute Gasteiger partial charge is 0.493 e. The maximum atomic E-state index is 12.0. The Balaban J connectivity index is 1.53. The number of rotatable bonds is 4. The van der Waals surface area contributed by atoms with Gasteiger partial charge in [0.05, 0.1) is 20.1 Å². The lowest BCUT2D eigenvalue weighted by atomic mass is 9.86. The molecule has 0 aliphatic carbocycles. The third-order valence-corrected chi connectivity index (χ3v) is 5.62. The minimum absolute atomic E-state index is 0.107. The summed E-state index contributed by atoms with van der Waals surface area (Å²) < 4.78 is 10.9. The van der Waals surface area contributed by atoms with E-state index >= 15 is 0 Å². The monoisotopic (exact) mass is 366 g/mol. The maximum Gasteiger partial charge on any atom is 0.305 e. The second-order valence-corrected chi connectivity index (χ2v) is 7.19. The molecular weight excluding hydrogens is 340 g/mol. The van der Waals surface area contributed by atoms with Crippen LogP contribution in [-0.4, -0.2) is 50.8 Å². The van der Waals surface area contributed by atoms with Crippen molar-refractivity contribution < 1.29 is 14.3 Å². The SMILES string of the molecule is COC(=O)CC1COc2ccccc2C1N1CCN(c2ccccc2)CC1. The highest BCUT2D eigenvalue weighted by atomic mass is 16.5. The van der Waals surface area contributed by atoms with Crippen LogP contribution in [0, 0.1) is 5.92 Å². The molecule has 2 aliphatic heterocycles. The highest BCUT2D eigenvalue weighted by Crippen LogP contribution is 2.41. The molecule has 0 spiro atoms. The Morgan fingerprint density at radius 2 is 1.74 bits per heavy atom. The lowest BCUT2D eigenvalue weighted by molar-refractivity contribution is -0.143. The second-order valence-electron chi connectivity index (χ2n) is 7.19. The molecule has 142 valence electrons. The van der Waals surface area contributed by atoms with Crippen LogP contribution in [0.5, 0.6) is 5.75 Å². The molecule has 2 unspecified atom stereocenters. The standard InChI is InChI=1S/C22H26N2O3/c1-26-21(25)15-17-16-27-20-10-6-5-9-19(20)22(17)24-13-11-23(12-14-24)18-7-3-2-4-8-18/h2-10,17,22H,11-16H2,1H3. The summed E-state index contributed by atoms with van der Waals surface area (Å²) in [4.78, 5) is 16.9. The molecule has 4 rings (SSSR count). The minimum atomic E-state index is -0.170. The van der Waals surface area contributed by atoms with Gasteiger partial charge in [0, 0.05) is 49.4 Å². The molecule has 0 bridgehead atoms. The van der Waals surface area contributed by atoms with E-state index in [-0.39, 0.29) is 17.9 Å². The number of piperazine rings is 1. The number of carbonyl (C=O) groups excluding carboxylic acids is 1. The normalized spacial score (nSPS) is 22.6. The summed E-state index contributed by atoms with van der Waals surface area (Å²) in [6.07, 6.45) is 0.383. The van der Waals surface area contributed by atoms with Crippen LogP contribution in [0.3, 0.4) is 0 Å². The minimum Gasteiger partial charge on any atom is -0.493 e. The Morgan fingerprint density at radius 1 is 1.04 bits per heavy atom. The summed E-state index contributed by atoms with van der Waals surface area (Å²) in [5, 5.41) is 0. The fourth-order valence-electron chi connectivity index (χ4n) is 4.26. The predicted octanol–water partition coefficient (Wildman–Crippen LogP) is 3.12. The van der Waals surface area contributed by atoms with E-state index < -0.39 is 0 Å². The fourth-order valence-corrected chi connectivity index (χ4v) is 4.26. The number of benzene rings is 2. The number of ether oxygens (including phenoxy) is 2. The van der Waals surface area contributed by atoms with Gasteiger partial charge in [-0.15, -0.1) is 0 Å². The number of esters is 1. The Kier molecular flexibility index (Phi) is 5.30. The molecule has 1 fully saturated rings. The number of para-hydroxylation sites is 2. The Hall–Kier alpha value is -2.53. The number of fused-ring (bicyclic) bond motifs is 1. The molecule has 2 heterocycles. The highest BCUT2D eigenvalue weighted by Gasteiger charge is 2.37. The summed E-state index contributed by atoms with van der Waals surface area (Å²) in [5.74, 6) is 0.876. The fraction of sp³-hybridized carbons (Fsp3) is 0.409. The van der Waals surface area contributed by atoms with Crippen molar-refractivity contribution >= 4 is 11.7 Å². The Labute approximate surface area is 160 Å². The molecule has 0 amide bonds. The molecular formula is C22H26N2O3. The van der Waals surface area contributed by atoms with Crippen LogP contribution >= 0.6 is 0 Å². The van der Waals surface area contributed by atoms with Gasteiger partial charge < -0.3 is 14.4 Å². The van der Waals surface area contributed by atoms with Crippen LogP contribution in [0.15, 0.2) is 54.6 Å². The molecule has 1 saturated heterocycles. The molecule has 2 aliphatic rings. The first-order valence-corrected chi connectivity index (χ1v) is 9.59. The van der Waals surface area contributed by atoms with Gasteiger partial charge in [-0.3, -0.25) is 9.69 Å². The molecule has 0 aromatic heterocycles. The zero-order valence-corrected chi connectivity index (χ0v) is 15.7. The summed E-state index contributed by atoms with van der Waals surface area (Å²) >= 11 is 0. The van der Waals surface area contributed by atoms with Gasteiger partial charge in [-0.2, -0.15) is 0 Å². The van der Waals surface area contributed by atoms with Gasteiger partial charge in [0.15, 0.2) is 0 Å². The Bertz CT molecular complexity index is 772. The third-order valence-electron chi connectivity index (χ3n) is 5.62. The van der Waals surface area contributed by atoms with E-state index in [1.54, 1.807) is 0 Å². The number of carbonyl (C=O) groups is 1. The van der Waals surface area contributed by atoms with Gasteiger partial charge in [-0.25, -0.2) is 0 Å². The summed E-state index contributed by atoms with van der Waals surface area (Å²) in [5.41, 5.74) is 2.46. The molecule has 5 heteroatoms. The van der Waals surface area contributed by atoms with Gasteiger partial charge in [-0.1, -0.05) is 36.4 Å². The van der Waals surface area contributed by atoms with E-state index in [2.05, 4.69) is 52.3 Å². The van der Waals surface area contributed by atoms with E-state index in [1.165, 1.54) is 18.4 Å². The van der Waals surface area contributed by atoms with Crippen LogP contribution < -0.4 is 9.64 Å². The lowest BCUT2D eigenvalue weighted by Crippen LogP contribution is -2.50. The van der Waals surface area contributed by atoms with Gasteiger partial charge in [0.2, 0.25) is 0 Å². The van der Waals surface area contributed by atoms with E-state index in [0.717, 1.165) is 31.9 Å². The molecule has 0 N–H and O–H groups in total. The number of methoxy groups -OCH3 is 1. The smallest absolute Gasteiger partial charge is 0.305 e. The molecule has 0 saturated carbocycles. The van der Waals surface area contributed by atoms with Crippen molar-refractivity contribution in [3.8, 4) is 5.75 Å². The van der Waals surface area contributed by atoms with E-state index in [4.69, 9.17) is 9.47 Å². The van der Waals surface area contributed by atoms with E-state index in [9.17, 15) is 4.79 Å². The van der Waals surface area contributed by atoms with Crippen molar-refractivity contribution in [2.24, 2.45) is 5.92 Å². The molecule has 2 atom stereocenters. The van der Waals surface area contributed by atoms with E-state index in [0.29, 0.717) is 13.0 Å². The number of hydrogen-bond acceptors (Lipinski definition) is 5. The van der Waals surface area contributed by atoms with Crippen molar-refractivity contribution in [2.45, 2.75) is 12.5 Å². The molecule has 5 nitrogen and oxygen atoms in total. The van der Waals surface area contributed by atoms with Crippen LogP contribution in [0.25, 0.3) is 0 Å². The second kappa shape index (κ2) is 8.01. The zero-order chi connectivity index (χ0) is 18.6. The summed E-state index contributed by atoms with van der Waals surface area (Å²) in [7, 11) is 1.45. The number of nitrogens with zero attached hydrogens (tertiary/aromatic N) is 2. The molecule has 0 radical (unpaired) electrons. The average molecular weight is 366 g/mol. The van der Waals surface area contributed by atoms with Gasteiger partial charge in [0.1, 0.15) is 5.75 Å². The van der Waals surface area contributed by atoms with Crippen molar-refractivity contribution in [2.75, 3.05) is 44.8 Å². The van der Waals surface area contributed by atoms with Crippen molar-refractivity contribution in [3.63, 3.8) is 0 Å². The lowest BCUT2D eigenvalue weighted by Gasteiger charge is -2.45. The van der Waals surface area contributed by atoms with Crippen LogP contribution in [0.1, 0.15) is 18.0 Å². The number of anilines is 1. The Morgan fingerprint density at radius 3 is 2.48 bits per heavy atom. The number of hydrogen-bond donors (Lipinski definition) is 0. The zero-order valence-electron chi connectivity index (χ0n) is 15.7. The summed E-state index contributed by atoms with van der Waals surface area (Å²) in [6, 6.07) is 19.0. The van der Waals surface area contributed by atoms with Crippen molar-refractivity contribution in [1.82, 2.24) is 4.90 Å². The van der Waals surface area contributed by atoms with Crippen molar-refractivity contribution in [1.29, 1.82) is 0 Å². The highest BCUT2D eigenvalue weighted by molar-refractivity contribution is 5.69. The first-order chi connectivity index (χ1) is 13.3.